The number of amides is 1. The molecule has 2 aromatic carbocycles. The fraction of sp³-hybridized carbons (Fsp3) is 0.130. The zero-order valence-electron chi connectivity index (χ0n) is 17.4. The molecule has 0 aliphatic heterocycles. The number of fused-ring (bicyclic) bond motifs is 1. The minimum absolute atomic E-state index is 0.0233. The summed E-state index contributed by atoms with van der Waals surface area (Å²) in [6, 6.07) is 17.8. The Hall–Kier alpha value is -3.85. The number of aromatic nitrogens is 2. The number of thioether (sulfide) groups is 1. The van der Waals surface area contributed by atoms with Gasteiger partial charge in [0.1, 0.15) is 17.3 Å². The van der Waals surface area contributed by atoms with Crippen molar-refractivity contribution in [3.63, 3.8) is 0 Å². The Morgan fingerprint density at radius 3 is 2.69 bits per heavy atom. The summed E-state index contributed by atoms with van der Waals surface area (Å²) in [7, 11) is 1.58. The van der Waals surface area contributed by atoms with Gasteiger partial charge in [-0.25, -0.2) is 10.4 Å². The average Bonchev–Trinajstić information content (AvgIpc) is 3.23. The van der Waals surface area contributed by atoms with Crippen molar-refractivity contribution in [1.82, 2.24) is 15.0 Å². The van der Waals surface area contributed by atoms with Gasteiger partial charge in [0.25, 0.3) is 11.5 Å². The molecule has 0 saturated heterocycles. The molecule has 0 radical (unpaired) electrons. The van der Waals surface area contributed by atoms with Gasteiger partial charge in [-0.1, -0.05) is 23.9 Å². The fourth-order valence-electron chi connectivity index (χ4n) is 3.02. The molecule has 0 aliphatic rings. The minimum Gasteiger partial charge on any atom is -0.497 e. The predicted octanol–water partition coefficient (Wildman–Crippen LogP) is 3.54. The molecule has 0 bridgehead atoms. The topological polar surface area (TPSA) is 98.7 Å². The van der Waals surface area contributed by atoms with Crippen molar-refractivity contribution in [3.05, 3.63) is 82.5 Å². The zero-order valence-corrected chi connectivity index (χ0v) is 18.3. The predicted molar refractivity (Wildman–Crippen MR) is 124 cm³/mol. The maximum absolute atomic E-state index is 13.2. The minimum atomic E-state index is -0.335. The number of methoxy groups -OCH3 is 1. The van der Waals surface area contributed by atoms with Gasteiger partial charge in [-0.2, -0.15) is 5.10 Å². The van der Waals surface area contributed by atoms with Crippen LogP contribution in [0.5, 0.6) is 5.75 Å². The molecule has 0 atom stereocenters. The van der Waals surface area contributed by atoms with Crippen molar-refractivity contribution in [1.29, 1.82) is 0 Å². The van der Waals surface area contributed by atoms with E-state index in [0.29, 0.717) is 33.3 Å². The summed E-state index contributed by atoms with van der Waals surface area (Å²) in [5.41, 5.74) is 3.44. The number of rotatable bonds is 7. The van der Waals surface area contributed by atoms with Crippen molar-refractivity contribution >= 4 is 34.8 Å². The number of carbonyl (C=O) groups is 1. The fourth-order valence-corrected chi connectivity index (χ4v) is 3.83. The van der Waals surface area contributed by atoms with E-state index in [1.54, 1.807) is 55.6 Å². The van der Waals surface area contributed by atoms with Gasteiger partial charge in [-0.05, 0) is 55.5 Å². The van der Waals surface area contributed by atoms with Gasteiger partial charge in [-0.15, -0.1) is 0 Å². The quantitative estimate of drug-likeness (QED) is 0.201. The van der Waals surface area contributed by atoms with Gasteiger partial charge in [0.2, 0.25) is 0 Å². The third kappa shape index (κ3) is 4.73. The van der Waals surface area contributed by atoms with Crippen LogP contribution in [0.15, 0.2) is 80.1 Å². The number of hydrogen-bond acceptors (Lipinski definition) is 7. The van der Waals surface area contributed by atoms with E-state index in [1.807, 2.05) is 19.1 Å². The Morgan fingerprint density at radius 1 is 1.19 bits per heavy atom. The molecule has 162 valence electrons. The summed E-state index contributed by atoms with van der Waals surface area (Å²) in [5.74, 6) is 1.66. The number of benzene rings is 2. The van der Waals surface area contributed by atoms with Gasteiger partial charge >= 0.3 is 0 Å². The van der Waals surface area contributed by atoms with Gasteiger partial charge in [-0.3, -0.25) is 14.2 Å². The largest absolute Gasteiger partial charge is 0.497 e. The molecule has 2 heterocycles. The lowest BCUT2D eigenvalue weighted by Crippen LogP contribution is -2.24. The summed E-state index contributed by atoms with van der Waals surface area (Å²) in [4.78, 5) is 30.1. The number of para-hydroxylation sites is 1. The van der Waals surface area contributed by atoms with E-state index in [4.69, 9.17) is 9.15 Å². The molecule has 1 amide bonds. The Bertz CT molecular complexity index is 1340. The summed E-state index contributed by atoms with van der Waals surface area (Å²) >= 11 is 1.15. The molecule has 0 saturated carbocycles. The maximum atomic E-state index is 13.2. The lowest BCUT2D eigenvalue weighted by atomic mass is 10.2. The number of nitrogens with zero attached hydrogens (tertiary/aromatic N) is 3. The number of nitrogens with one attached hydrogen (secondary N) is 1. The third-order valence-electron chi connectivity index (χ3n) is 4.55. The third-order valence-corrected chi connectivity index (χ3v) is 5.49. The molecule has 0 aliphatic carbocycles. The standard InChI is InChI=1S/C23H20N4O4S/c1-15-7-10-18(31-15)13-24-26-21(28)14-32-23-25-20-6-4-3-5-19(20)22(29)27(23)16-8-11-17(30-2)12-9-16/h3-13H,14H2,1-2H3,(H,26,28)/b24-13+. The normalized spacial score (nSPS) is 11.2. The van der Waals surface area contributed by atoms with Crippen LogP contribution in [0.3, 0.4) is 0 Å². The molecule has 0 spiro atoms. The monoisotopic (exact) mass is 448 g/mol. The summed E-state index contributed by atoms with van der Waals surface area (Å²) < 4.78 is 12.1. The van der Waals surface area contributed by atoms with E-state index in [9.17, 15) is 9.59 Å². The Morgan fingerprint density at radius 2 is 1.97 bits per heavy atom. The smallest absolute Gasteiger partial charge is 0.266 e. The number of carbonyl (C=O) groups excluding carboxylic acids is 1. The summed E-state index contributed by atoms with van der Waals surface area (Å²) in [6.07, 6.45) is 1.43. The number of hydrazone groups is 1. The highest BCUT2D eigenvalue weighted by Crippen LogP contribution is 2.22. The summed E-state index contributed by atoms with van der Waals surface area (Å²) in [6.45, 7) is 1.82. The van der Waals surface area contributed by atoms with Gasteiger partial charge in [0, 0.05) is 0 Å². The van der Waals surface area contributed by atoms with E-state index in [2.05, 4.69) is 15.5 Å². The highest BCUT2D eigenvalue weighted by molar-refractivity contribution is 7.99. The second-order valence-corrected chi connectivity index (χ2v) is 7.72. The summed E-state index contributed by atoms with van der Waals surface area (Å²) in [5, 5.41) is 4.80. The van der Waals surface area contributed by atoms with E-state index < -0.39 is 0 Å². The van der Waals surface area contributed by atoms with Gasteiger partial charge < -0.3 is 9.15 Å². The number of aryl methyl sites for hydroxylation is 1. The van der Waals surface area contributed by atoms with Crippen LogP contribution in [0.25, 0.3) is 16.6 Å². The SMILES string of the molecule is COc1ccc(-n2c(SCC(=O)N/N=C/c3ccc(C)o3)nc3ccccc3c2=O)cc1. The average molecular weight is 449 g/mol. The molecular weight excluding hydrogens is 428 g/mol. The van der Waals surface area contributed by atoms with Crippen molar-refractivity contribution in [3.8, 4) is 11.4 Å². The van der Waals surface area contributed by atoms with E-state index in [-0.39, 0.29) is 17.2 Å². The number of furan rings is 1. The van der Waals surface area contributed by atoms with Crippen molar-refractivity contribution in [2.45, 2.75) is 12.1 Å². The van der Waals surface area contributed by atoms with Crippen LogP contribution in [0, 0.1) is 6.92 Å². The van der Waals surface area contributed by atoms with Crippen LogP contribution in [-0.2, 0) is 4.79 Å². The molecule has 1 N–H and O–H groups in total. The van der Waals surface area contributed by atoms with Crippen molar-refractivity contribution in [2.24, 2.45) is 5.10 Å². The highest BCUT2D eigenvalue weighted by atomic mass is 32.2. The second kappa shape index (κ2) is 9.52. The lowest BCUT2D eigenvalue weighted by Gasteiger charge is -2.13. The number of hydrogen-bond donors (Lipinski definition) is 1. The first-order valence-electron chi connectivity index (χ1n) is 9.72. The van der Waals surface area contributed by atoms with Crippen molar-refractivity contribution in [2.75, 3.05) is 12.9 Å². The number of ether oxygens (including phenoxy) is 1. The second-order valence-electron chi connectivity index (χ2n) is 6.78. The van der Waals surface area contributed by atoms with E-state index in [1.165, 1.54) is 10.8 Å². The van der Waals surface area contributed by atoms with Crippen LogP contribution < -0.4 is 15.7 Å². The Labute approximate surface area is 187 Å². The first kappa shape index (κ1) is 21.4. The molecule has 9 heteroatoms. The molecule has 0 fully saturated rings. The van der Waals surface area contributed by atoms with E-state index in [0.717, 1.165) is 17.5 Å². The zero-order chi connectivity index (χ0) is 22.5. The molecule has 4 aromatic rings. The molecule has 0 unspecified atom stereocenters. The molecule has 4 rings (SSSR count). The van der Waals surface area contributed by atoms with Crippen LogP contribution in [0.2, 0.25) is 0 Å². The Kier molecular flexibility index (Phi) is 6.37. The Balaban J connectivity index is 1.58. The van der Waals surface area contributed by atoms with Crippen LogP contribution in [0.4, 0.5) is 0 Å². The van der Waals surface area contributed by atoms with Gasteiger partial charge in [0.15, 0.2) is 5.16 Å². The molecule has 8 nitrogen and oxygen atoms in total. The van der Waals surface area contributed by atoms with Crippen molar-refractivity contribution < 1.29 is 13.9 Å². The van der Waals surface area contributed by atoms with Crippen LogP contribution in [0.1, 0.15) is 11.5 Å². The maximum Gasteiger partial charge on any atom is 0.266 e. The van der Waals surface area contributed by atoms with Crippen LogP contribution in [-0.4, -0.2) is 34.5 Å². The van der Waals surface area contributed by atoms with E-state index >= 15 is 0 Å². The molecule has 2 aromatic heterocycles. The first-order chi connectivity index (χ1) is 15.5. The first-order valence-corrected chi connectivity index (χ1v) is 10.7. The molecule has 32 heavy (non-hydrogen) atoms. The van der Waals surface area contributed by atoms with Crippen LogP contribution >= 0.6 is 11.8 Å². The highest BCUT2D eigenvalue weighted by Gasteiger charge is 2.15. The lowest BCUT2D eigenvalue weighted by molar-refractivity contribution is -0.118. The molecular formula is C23H20N4O4S. The van der Waals surface area contributed by atoms with Gasteiger partial charge in [0.05, 0.1) is 35.7 Å².